The van der Waals surface area contributed by atoms with Crippen molar-refractivity contribution >= 4 is 59.8 Å². The minimum atomic E-state index is -1.25. The maximum atomic E-state index is 14.8. The predicted molar refractivity (Wildman–Crippen MR) is 285 cm³/mol. The number of aliphatic carboxylic acids is 1. The minimum Gasteiger partial charge on any atom is -0.480 e. The van der Waals surface area contributed by atoms with E-state index in [1.807, 2.05) is 42.5 Å². The number of hydrogen-bond donors (Lipinski definition) is 5. The fourth-order valence-corrected chi connectivity index (χ4v) is 8.72. The molecule has 7 atom stereocenters. The van der Waals surface area contributed by atoms with E-state index < -0.39 is 94.7 Å². The molecule has 0 aromatic heterocycles. The molecule has 0 spiro atoms. The van der Waals surface area contributed by atoms with Crippen molar-refractivity contribution in [2.45, 2.75) is 162 Å². The number of carboxylic acids is 1. The number of carbonyl (C=O) groups is 8. The second-order valence-electron chi connectivity index (χ2n) is 22.7. The summed E-state index contributed by atoms with van der Waals surface area (Å²) in [6.07, 6.45) is 4.93. The second kappa shape index (κ2) is 24.4. The number of nitrogens with zero attached hydrogens (tertiary/aromatic N) is 3. The fraction of sp³-hybridized carbons (Fsp3) is 0.509. The standard InChI is InChI=1S/C57H77N7O11/c1-34(62(12)53(72)74-56(6,7)8)47(65)60-44(52(70)71)31-38-25-23-36(24-26-38)21-22-37-27-29-40(30-28-37)49(67)58-41-32-45(50(68)59-43-20-16-18-39-17-14-15-19-42(39)43)64(33-41)51(69)46(55(3,4)5)61-48(66)35(2)63(13)54(73)75-57(9,10)11/h14-15,17,19,21-30,34-35,41,43-46H,16,18,20,31-33H2,1-13H3,(H,58,67)(H,59,68)(H,60,65)(H,61,66)(H,70,71). The number of benzene rings is 3. The first-order valence-electron chi connectivity index (χ1n) is 25.5. The van der Waals surface area contributed by atoms with Gasteiger partial charge in [-0.1, -0.05) is 93.6 Å². The molecule has 0 saturated carbocycles. The number of amides is 7. The maximum absolute atomic E-state index is 14.8. The van der Waals surface area contributed by atoms with Crippen LogP contribution in [0.4, 0.5) is 9.59 Å². The third-order valence-electron chi connectivity index (χ3n) is 13.3. The Kier molecular flexibility index (Phi) is 19.1. The lowest BCUT2D eigenvalue weighted by molar-refractivity contribution is -0.144. The lowest BCUT2D eigenvalue weighted by atomic mass is 9.85. The van der Waals surface area contributed by atoms with Gasteiger partial charge in [0.1, 0.15) is 41.4 Å². The van der Waals surface area contributed by atoms with Crippen molar-refractivity contribution in [2.24, 2.45) is 5.41 Å². The van der Waals surface area contributed by atoms with Crippen LogP contribution in [0.15, 0.2) is 72.8 Å². The Morgan fingerprint density at radius 1 is 0.720 bits per heavy atom. The molecule has 18 nitrogen and oxygen atoms in total. The molecule has 1 saturated heterocycles. The van der Waals surface area contributed by atoms with Crippen molar-refractivity contribution in [2.75, 3.05) is 20.6 Å². The highest BCUT2D eigenvalue weighted by molar-refractivity contribution is 5.97. The van der Waals surface area contributed by atoms with Gasteiger partial charge in [-0.05, 0) is 126 Å². The molecule has 2 aliphatic rings. The Labute approximate surface area is 441 Å². The number of fused-ring (bicyclic) bond motifs is 1. The van der Waals surface area contributed by atoms with Gasteiger partial charge in [-0.3, -0.25) is 33.8 Å². The highest BCUT2D eigenvalue weighted by atomic mass is 16.6. The smallest absolute Gasteiger partial charge is 0.410 e. The van der Waals surface area contributed by atoms with Crippen LogP contribution >= 0.6 is 0 Å². The molecule has 75 heavy (non-hydrogen) atoms. The Morgan fingerprint density at radius 2 is 1.24 bits per heavy atom. The number of hydrogen-bond acceptors (Lipinski definition) is 10. The normalized spacial score (nSPS) is 18.3. The molecule has 406 valence electrons. The zero-order valence-corrected chi connectivity index (χ0v) is 45.7. The summed E-state index contributed by atoms with van der Waals surface area (Å²) in [5.74, 6) is -3.72. The van der Waals surface area contributed by atoms with Crippen LogP contribution in [0.3, 0.4) is 0 Å². The van der Waals surface area contributed by atoms with E-state index in [1.165, 1.54) is 30.8 Å². The summed E-state index contributed by atoms with van der Waals surface area (Å²) in [4.78, 5) is 111. The molecule has 1 aliphatic carbocycles. The van der Waals surface area contributed by atoms with E-state index in [2.05, 4.69) is 27.3 Å². The van der Waals surface area contributed by atoms with Crippen LogP contribution in [0.2, 0.25) is 0 Å². The third kappa shape index (κ3) is 16.4. The van der Waals surface area contributed by atoms with Crippen molar-refractivity contribution in [1.82, 2.24) is 36.0 Å². The van der Waals surface area contributed by atoms with E-state index in [9.17, 15) is 43.5 Å². The van der Waals surface area contributed by atoms with Gasteiger partial charge < -0.3 is 40.7 Å². The Bertz CT molecular complexity index is 2600. The van der Waals surface area contributed by atoms with Gasteiger partial charge in [-0.2, -0.15) is 0 Å². The summed E-state index contributed by atoms with van der Waals surface area (Å²) in [6.45, 7) is 18.7. The molecule has 7 unspecified atom stereocenters. The van der Waals surface area contributed by atoms with Crippen LogP contribution in [0, 0.1) is 5.41 Å². The lowest BCUT2D eigenvalue weighted by Gasteiger charge is -2.37. The summed E-state index contributed by atoms with van der Waals surface area (Å²) in [5, 5.41) is 21.6. The monoisotopic (exact) mass is 1040 g/mol. The van der Waals surface area contributed by atoms with Crippen LogP contribution in [-0.4, -0.2) is 136 Å². The molecule has 0 radical (unpaired) electrons. The SMILES string of the molecule is CC(C(=O)NC(Cc1ccc(C=Cc2ccc(C(=O)NC3CC(C(=O)NC4CCCc5ccccc54)N(C(=O)C(NC(=O)C(C)N(C)C(=O)OC(C)(C)C)C(C)(C)C)C3)cc2)cc1)C(=O)O)N(C)C(=O)OC(C)(C)C. The van der Waals surface area contributed by atoms with Crippen molar-refractivity contribution in [3.63, 3.8) is 0 Å². The molecule has 18 heteroatoms. The van der Waals surface area contributed by atoms with Crippen molar-refractivity contribution in [3.05, 3.63) is 106 Å². The average molecular weight is 1040 g/mol. The van der Waals surface area contributed by atoms with E-state index in [-0.39, 0.29) is 31.3 Å². The maximum Gasteiger partial charge on any atom is 0.410 e. The van der Waals surface area contributed by atoms with Crippen molar-refractivity contribution < 1.29 is 52.9 Å². The van der Waals surface area contributed by atoms with Gasteiger partial charge in [0.15, 0.2) is 0 Å². The van der Waals surface area contributed by atoms with Gasteiger partial charge in [0.05, 0.1) is 6.04 Å². The summed E-state index contributed by atoms with van der Waals surface area (Å²) >= 11 is 0. The molecule has 5 N–H and O–H groups in total. The van der Waals surface area contributed by atoms with Crippen molar-refractivity contribution in [1.29, 1.82) is 0 Å². The van der Waals surface area contributed by atoms with Crippen LogP contribution in [-0.2, 0) is 46.3 Å². The van der Waals surface area contributed by atoms with E-state index in [1.54, 1.807) is 106 Å². The topological polar surface area (TPSA) is 233 Å². The summed E-state index contributed by atoms with van der Waals surface area (Å²) in [7, 11) is 2.86. The molecule has 7 amide bonds. The average Bonchev–Trinajstić information content (AvgIpc) is 3.76. The highest BCUT2D eigenvalue weighted by Gasteiger charge is 2.46. The number of likely N-dealkylation sites (N-methyl/N-ethyl adjacent to an activating group) is 2. The number of nitrogens with one attached hydrogen (secondary N) is 4. The Balaban J connectivity index is 1.26. The predicted octanol–water partition coefficient (Wildman–Crippen LogP) is 6.90. The summed E-state index contributed by atoms with van der Waals surface area (Å²) < 4.78 is 10.8. The molecule has 0 bridgehead atoms. The number of carboxylic acid groups (broad SMARTS) is 1. The van der Waals surface area contributed by atoms with E-state index in [0.29, 0.717) is 11.1 Å². The van der Waals surface area contributed by atoms with Gasteiger partial charge in [0.25, 0.3) is 5.91 Å². The van der Waals surface area contributed by atoms with E-state index >= 15 is 0 Å². The van der Waals surface area contributed by atoms with Crippen LogP contribution < -0.4 is 21.3 Å². The second-order valence-corrected chi connectivity index (χ2v) is 22.7. The number of likely N-dealkylation sites (tertiary alicyclic amines) is 1. The van der Waals surface area contributed by atoms with Gasteiger partial charge >= 0.3 is 18.2 Å². The zero-order chi connectivity index (χ0) is 55.7. The molecule has 5 rings (SSSR count). The van der Waals surface area contributed by atoms with Gasteiger partial charge in [-0.25, -0.2) is 14.4 Å². The molecule has 1 fully saturated rings. The fourth-order valence-electron chi connectivity index (χ4n) is 8.72. The molecular formula is C57H77N7O11. The van der Waals surface area contributed by atoms with E-state index in [0.717, 1.165) is 46.4 Å². The van der Waals surface area contributed by atoms with Gasteiger partial charge in [0, 0.05) is 38.7 Å². The Hall–Kier alpha value is -7.24. The molecular weight excluding hydrogens is 959 g/mol. The zero-order valence-electron chi connectivity index (χ0n) is 45.7. The lowest BCUT2D eigenvalue weighted by Crippen LogP contribution is -2.60. The molecule has 1 heterocycles. The quantitative estimate of drug-likeness (QED) is 0.0926. The third-order valence-corrected chi connectivity index (χ3v) is 13.3. The summed E-state index contributed by atoms with van der Waals surface area (Å²) in [5.41, 5.74) is 2.40. The van der Waals surface area contributed by atoms with E-state index in [4.69, 9.17) is 9.47 Å². The van der Waals surface area contributed by atoms with Gasteiger partial charge in [0.2, 0.25) is 23.6 Å². The molecule has 3 aromatic rings. The van der Waals surface area contributed by atoms with Gasteiger partial charge in [-0.15, -0.1) is 0 Å². The van der Waals surface area contributed by atoms with Crippen molar-refractivity contribution in [3.8, 4) is 0 Å². The Morgan fingerprint density at radius 3 is 1.76 bits per heavy atom. The number of rotatable bonds is 16. The highest BCUT2D eigenvalue weighted by Crippen LogP contribution is 2.32. The largest absolute Gasteiger partial charge is 0.480 e. The number of ether oxygens (including phenoxy) is 2. The van der Waals surface area contributed by atoms with Crippen LogP contribution in [0.1, 0.15) is 140 Å². The summed E-state index contributed by atoms with van der Waals surface area (Å²) in [6, 6.07) is 15.8. The minimum absolute atomic E-state index is 0.00171. The first kappa shape index (κ1) is 58.6. The van der Waals surface area contributed by atoms with Crippen LogP contribution in [0.25, 0.3) is 12.2 Å². The molecule has 3 aromatic carbocycles. The first-order valence-corrected chi connectivity index (χ1v) is 25.5. The number of carbonyl (C=O) groups excluding carboxylic acids is 7. The van der Waals surface area contributed by atoms with Crippen LogP contribution in [0.5, 0.6) is 0 Å². The molecule has 1 aliphatic heterocycles. The number of aryl methyl sites for hydroxylation is 1. The first-order chi connectivity index (χ1) is 34.9.